The fourth-order valence-electron chi connectivity index (χ4n) is 3.55. The van der Waals surface area contributed by atoms with Gasteiger partial charge in [0.25, 0.3) is 11.8 Å². The number of rotatable bonds is 10. The molecule has 184 valence electrons. The van der Waals surface area contributed by atoms with E-state index in [-0.39, 0.29) is 16.2 Å². The smallest absolute Gasteiger partial charge is 0.262 e. The van der Waals surface area contributed by atoms with E-state index in [2.05, 4.69) is 26.2 Å². The van der Waals surface area contributed by atoms with Crippen LogP contribution >= 0.6 is 22.9 Å². The molecule has 0 saturated carbocycles. The predicted molar refractivity (Wildman–Crippen MR) is 134 cm³/mol. The van der Waals surface area contributed by atoms with Crippen molar-refractivity contribution in [1.82, 2.24) is 30.8 Å². The third-order valence-corrected chi connectivity index (χ3v) is 6.62. The summed E-state index contributed by atoms with van der Waals surface area (Å²) in [5.74, 6) is -1.54. The van der Waals surface area contributed by atoms with Crippen LogP contribution in [0.25, 0.3) is 0 Å². The lowest BCUT2D eigenvalue weighted by molar-refractivity contribution is -0.124. The number of tetrazole rings is 1. The Morgan fingerprint density at radius 1 is 0.944 bits per heavy atom. The van der Waals surface area contributed by atoms with E-state index in [4.69, 9.17) is 17.3 Å². The molecule has 0 spiro atoms. The minimum Gasteiger partial charge on any atom is -0.365 e. The Kier molecular flexibility index (Phi) is 8.03. The minimum absolute atomic E-state index is 0.242. The highest BCUT2D eigenvalue weighted by molar-refractivity contribution is 7.15. The van der Waals surface area contributed by atoms with E-state index in [1.807, 2.05) is 42.5 Å². The summed E-state index contributed by atoms with van der Waals surface area (Å²) in [5.41, 5.74) is 7.02. The zero-order valence-electron chi connectivity index (χ0n) is 18.9. The summed E-state index contributed by atoms with van der Waals surface area (Å²) in [6.07, 6.45) is 1.36. The first-order chi connectivity index (χ1) is 17.4. The number of nitrogens with zero attached hydrogens (tertiary/aromatic N) is 4. The molecular weight excluding hydrogens is 502 g/mol. The van der Waals surface area contributed by atoms with Crippen molar-refractivity contribution < 1.29 is 14.4 Å². The van der Waals surface area contributed by atoms with Crippen LogP contribution < -0.4 is 16.4 Å². The molecule has 3 amide bonds. The van der Waals surface area contributed by atoms with Crippen molar-refractivity contribution in [3.63, 3.8) is 0 Å². The molecular formula is C24H22ClN7O3S. The number of halogens is 1. The average Bonchev–Trinajstić information content (AvgIpc) is 3.57. The summed E-state index contributed by atoms with van der Waals surface area (Å²) in [7, 11) is 0. The number of aromatic nitrogens is 4. The summed E-state index contributed by atoms with van der Waals surface area (Å²) in [5, 5.41) is 17.6. The van der Waals surface area contributed by atoms with Gasteiger partial charge in [0.05, 0.1) is 9.75 Å². The molecule has 2 aromatic carbocycles. The topological polar surface area (TPSA) is 145 Å². The molecule has 0 saturated heterocycles. The van der Waals surface area contributed by atoms with Crippen LogP contribution in [0.5, 0.6) is 0 Å². The summed E-state index contributed by atoms with van der Waals surface area (Å²) in [4.78, 5) is 38.4. The number of hydrogen-bond donors (Lipinski definition) is 3. The average molecular weight is 524 g/mol. The molecule has 2 aromatic heterocycles. The Bertz CT molecular complexity index is 1340. The number of nitrogens with one attached hydrogen (secondary N) is 2. The fourth-order valence-corrected chi connectivity index (χ4v) is 4.53. The Balaban J connectivity index is 1.56. The number of primary amides is 1. The maximum atomic E-state index is 13.5. The van der Waals surface area contributed by atoms with Gasteiger partial charge < -0.3 is 16.4 Å². The maximum Gasteiger partial charge on any atom is 0.262 e. The van der Waals surface area contributed by atoms with Gasteiger partial charge in [-0.3, -0.25) is 14.4 Å². The highest BCUT2D eigenvalue weighted by Crippen LogP contribution is 2.18. The van der Waals surface area contributed by atoms with E-state index in [1.165, 1.54) is 23.1 Å². The van der Waals surface area contributed by atoms with Crippen molar-refractivity contribution >= 4 is 40.7 Å². The first-order valence-corrected chi connectivity index (χ1v) is 12.1. The molecule has 4 rings (SSSR count). The van der Waals surface area contributed by atoms with E-state index in [1.54, 1.807) is 12.1 Å². The number of carbonyl (C=O) groups excluding carboxylic acids is 3. The molecule has 2 heterocycles. The first kappa shape index (κ1) is 25.0. The summed E-state index contributed by atoms with van der Waals surface area (Å²) in [6, 6.07) is 18.6. The quantitative estimate of drug-likeness (QED) is 0.291. The number of hydrogen-bond acceptors (Lipinski definition) is 7. The van der Waals surface area contributed by atoms with Crippen molar-refractivity contribution in [3.8, 4) is 0 Å². The van der Waals surface area contributed by atoms with E-state index < -0.39 is 29.9 Å². The molecule has 2 unspecified atom stereocenters. The lowest BCUT2D eigenvalue weighted by Crippen LogP contribution is -2.50. The fraction of sp³-hybridized carbons (Fsp3) is 0.167. The summed E-state index contributed by atoms with van der Waals surface area (Å²) >= 11 is 7.09. The second kappa shape index (κ2) is 11.6. The Morgan fingerprint density at radius 2 is 1.69 bits per heavy atom. The zero-order valence-corrected chi connectivity index (χ0v) is 20.4. The number of benzene rings is 2. The standard InChI is InChI=1S/C24H22ClN7O3S/c25-17-8-4-7-16(11-17)13-21(32-14-27-30-31-32)29-23(34)18(12-15-5-2-1-3-6-15)28-24(35)20-10-9-19(36-20)22(26)33/h1-11,14,18,21H,12-13H2,(H2,26,33)(H,28,35)(H,29,34). The third kappa shape index (κ3) is 6.52. The molecule has 0 aliphatic rings. The lowest BCUT2D eigenvalue weighted by Gasteiger charge is -2.23. The van der Waals surface area contributed by atoms with Gasteiger partial charge in [-0.15, -0.1) is 16.4 Å². The zero-order chi connectivity index (χ0) is 25.5. The van der Waals surface area contributed by atoms with E-state index in [9.17, 15) is 14.4 Å². The molecule has 10 nitrogen and oxygen atoms in total. The summed E-state index contributed by atoms with van der Waals surface area (Å²) in [6.45, 7) is 0. The molecule has 0 fully saturated rings. The van der Waals surface area contributed by atoms with Crippen molar-refractivity contribution in [2.45, 2.75) is 25.0 Å². The number of nitrogens with two attached hydrogens (primary N) is 1. The van der Waals surface area contributed by atoms with Gasteiger partial charge in [-0.25, -0.2) is 4.68 Å². The van der Waals surface area contributed by atoms with Gasteiger partial charge >= 0.3 is 0 Å². The van der Waals surface area contributed by atoms with Gasteiger partial charge in [-0.05, 0) is 45.8 Å². The lowest BCUT2D eigenvalue weighted by atomic mass is 10.0. The van der Waals surface area contributed by atoms with Crippen LogP contribution in [0.4, 0.5) is 0 Å². The number of thiophene rings is 1. The Morgan fingerprint density at radius 3 is 2.36 bits per heavy atom. The van der Waals surface area contributed by atoms with E-state index in [0.717, 1.165) is 22.5 Å². The van der Waals surface area contributed by atoms with Crippen molar-refractivity contribution in [2.24, 2.45) is 5.73 Å². The Hall–Kier alpha value is -4.09. The van der Waals surface area contributed by atoms with Gasteiger partial charge in [0, 0.05) is 17.9 Å². The van der Waals surface area contributed by atoms with Crippen LogP contribution in [0, 0.1) is 0 Å². The van der Waals surface area contributed by atoms with Gasteiger partial charge in [-0.1, -0.05) is 54.1 Å². The second-order valence-corrected chi connectivity index (χ2v) is 9.41. The largest absolute Gasteiger partial charge is 0.365 e. The van der Waals surface area contributed by atoms with Crippen LogP contribution in [0.15, 0.2) is 73.1 Å². The first-order valence-electron chi connectivity index (χ1n) is 10.9. The molecule has 0 bridgehead atoms. The molecule has 4 aromatic rings. The molecule has 2 atom stereocenters. The number of amides is 3. The molecule has 0 aliphatic carbocycles. The van der Waals surface area contributed by atoms with Gasteiger partial charge in [0.2, 0.25) is 5.91 Å². The van der Waals surface area contributed by atoms with Crippen molar-refractivity contribution in [1.29, 1.82) is 0 Å². The van der Waals surface area contributed by atoms with Gasteiger partial charge in [-0.2, -0.15) is 0 Å². The van der Waals surface area contributed by atoms with Crippen LogP contribution in [-0.2, 0) is 17.6 Å². The highest BCUT2D eigenvalue weighted by Gasteiger charge is 2.26. The SMILES string of the molecule is NC(=O)c1ccc(C(=O)NC(Cc2ccccc2)C(=O)NC(Cc2cccc(Cl)c2)n2cnnn2)s1. The van der Waals surface area contributed by atoms with Crippen LogP contribution in [0.2, 0.25) is 5.02 Å². The second-order valence-electron chi connectivity index (χ2n) is 7.89. The van der Waals surface area contributed by atoms with E-state index in [0.29, 0.717) is 11.4 Å². The van der Waals surface area contributed by atoms with Gasteiger partial charge in [0.1, 0.15) is 18.5 Å². The predicted octanol–water partition coefficient (Wildman–Crippen LogP) is 2.39. The van der Waals surface area contributed by atoms with Crippen LogP contribution in [-0.4, -0.2) is 44.0 Å². The van der Waals surface area contributed by atoms with Crippen LogP contribution in [0.3, 0.4) is 0 Å². The number of carbonyl (C=O) groups is 3. The monoisotopic (exact) mass is 523 g/mol. The third-order valence-electron chi connectivity index (χ3n) is 5.29. The van der Waals surface area contributed by atoms with E-state index >= 15 is 0 Å². The molecule has 12 heteroatoms. The maximum absolute atomic E-state index is 13.5. The molecule has 36 heavy (non-hydrogen) atoms. The van der Waals surface area contributed by atoms with Crippen molar-refractivity contribution in [2.75, 3.05) is 0 Å². The minimum atomic E-state index is -0.919. The van der Waals surface area contributed by atoms with Crippen molar-refractivity contribution in [3.05, 3.63) is 99.0 Å². The van der Waals surface area contributed by atoms with Gasteiger partial charge in [0.15, 0.2) is 0 Å². The molecule has 4 N–H and O–H groups in total. The molecule has 0 radical (unpaired) electrons. The van der Waals surface area contributed by atoms with Crippen LogP contribution in [0.1, 0.15) is 36.6 Å². The molecule has 0 aliphatic heterocycles. The Labute approximate surface area is 215 Å². The highest BCUT2D eigenvalue weighted by atomic mass is 35.5. The normalized spacial score (nSPS) is 12.5. The summed E-state index contributed by atoms with van der Waals surface area (Å²) < 4.78 is 1.43.